The molecule has 0 spiro atoms. The van der Waals surface area contributed by atoms with Crippen LogP contribution in [0.5, 0.6) is 0 Å². The first-order valence-electron chi connectivity index (χ1n) is 4.89. The molecular weight excluding hydrogens is 200 g/mol. The van der Waals surface area contributed by atoms with Gasteiger partial charge in [-0.25, -0.2) is 0 Å². The number of fused-ring (bicyclic) bond motifs is 1. The first kappa shape index (κ1) is 10.2. The van der Waals surface area contributed by atoms with Crippen LogP contribution in [0, 0.1) is 17.3 Å². The van der Waals surface area contributed by atoms with E-state index in [0.29, 0.717) is 5.92 Å². The second-order valence-electron chi connectivity index (χ2n) is 5.11. The van der Waals surface area contributed by atoms with Crippen LogP contribution in [0.4, 0.5) is 0 Å². The van der Waals surface area contributed by atoms with Crippen LogP contribution in [-0.2, 0) is 10.1 Å². The lowest BCUT2D eigenvalue weighted by Gasteiger charge is -2.58. The van der Waals surface area contributed by atoms with Crippen molar-refractivity contribution in [2.24, 2.45) is 17.3 Å². The Hall–Kier alpha value is -0.350. The summed E-state index contributed by atoms with van der Waals surface area (Å²) in [6.45, 7) is 6.13. The van der Waals surface area contributed by atoms with Crippen molar-refractivity contribution >= 4 is 10.1 Å². The van der Waals surface area contributed by atoms with Gasteiger partial charge >= 0.3 is 0 Å². The molecule has 2 bridgehead atoms. The lowest BCUT2D eigenvalue weighted by atomic mass is 9.49. The Kier molecular flexibility index (Phi) is 1.90. The van der Waals surface area contributed by atoms with Crippen molar-refractivity contribution in [3.8, 4) is 0 Å². The fourth-order valence-corrected chi connectivity index (χ4v) is 4.34. The maximum absolute atomic E-state index is 11.2. The van der Waals surface area contributed by atoms with E-state index in [1.54, 1.807) is 6.08 Å². The van der Waals surface area contributed by atoms with Crippen LogP contribution in [0.3, 0.4) is 0 Å². The quantitative estimate of drug-likeness (QED) is 0.537. The van der Waals surface area contributed by atoms with Crippen molar-refractivity contribution in [1.82, 2.24) is 0 Å². The molecule has 0 aromatic rings. The van der Waals surface area contributed by atoms with Gasteiger partial charge in [0, 0.05) is 0 Å². The fraction of sp³-hybridized carbons (Fsp3) is 0.800. The molecule has 0 amide bonds. The normalized spacial score (nSPS) is 40.0. The van der Waals surface area contributed by atoms with E-state index in [9.17, 15) is 8.42 Å². The molecule has 3 nitrogen and oxygen atoms in total. The summed E-state index contributed by atoms with van der Waals surface area (Å²) in [5.74, 6) is 0.594. The molecule has 0 saturated heterocycles. The van der Waals surface area contributed by atoms with E-state index in [4.69, 9.17) is 4.55 Å². The molecule has 0 aromatic carbocycles. The van der Waals surface area contributed by atoms with Gasteiger partial charge < -0.3 is 0 Å². The van der Waals surface area contributed by atoms with E-state index in [-0.39, 0.29) is 11.3 Å². The molecule has 3 atom stereocenters. The second kappa shape index (κ2) is 2.61. The van der Waals surface area contributed by atoms with Gasteiger partial charge in [0.25, 0.3) is 10.1 Å². The highest BCUT2D eigenvalue weighted by atomic mass is 32.2. The van der Waals surface area contributed by atoms with Crippen LogP contribution in [-0.4, -0.2) is 18.2 Å². The Labute approximate surface area is 85.0 Å². The minimum atomic E-state index is -3.92. The molecule has 0 unspecified atom stereocenters. The highest BCUT2D eigenvalue weighted by molar-refractivity contribution is 7.86. The van der Waals surface area contributed by atoms with Gasteiger partial charge in [-0.15, -0.1) is 0 Å². The standard InChI is InChI=1S/C10H16O3S/c1-6-4-9(14(11,12)13)8-5-7(6)10(8,2)3/h4,7-9H,5H2,1-3H3,(H,11,12,13)/t7-,8+,9+/m1/s1. The third-order valence-corrected chi connectivity index (χ3v) is 5.21. The Morgan fingerprint density at radius 2 is 2.07 bits per heavy atom. The van der Waals surface area contributed by atoms with Crippen LogP contribution in [0.1, 0.15) is 27.2 Å². The van der Waals surface area contributed by atoms with E-state index in [1.807, 2.05) is 6.92 Å². The lowest BCUT2D eigenvalue weighted by molar-refractivity contribution is -0.00468. The number of allylic oxidation sites excluding steroid dienone is 1. The first-order chi connectivity index (χ1) is 6.24. The Morgan fingerprint density at radius 1 is 1.50 bits per heavy atom. The largest absolute Gasteiger partial charge is 0.285 e. The molecule has 0 aliphatic heterocycles. The van der Waals surface area contributed by atoms with Crippen molar-refractivity contribution in [1.29, 1.82) is 0 Å². The van der Waals surface area contributed by atoms with E-state index in [2.05, 4.69) is 13.8 Å². The van der Waals surface area contributed by atoms with Crippen LogP contribution < -0.4 is 0 Å². The van der Waals surface area contributed by atoms with Crippen molar-refractivity contribution < 1.29 is 13.0 Å². The van der Waals surface area contributed by atoms with Gasteiger partial charge in [0.1, 0.15) is 5.25 Å². The summed E-state index contributed by atoms with van der Waals surface area (Å²) >= 11 is 0. The zero-order valence-corrected chi connectivity index (χ0v) is 9.50. The fourth-order valence-electron chi connectivity index (χ4n) is 3.07. The molecular formula is C10H16O3S. The van der Waals surface area contributed by atoms with E-state index < -0.39 is 15.4 Å². The van der Waals surface area contributed by atoms with E-state index in [0.717, 1.165) is 12.0 Å². The van der Waals surface area contributed by atoms with Crippen molar-refractivity contribution in [3.05, 3.63) is 11.6 Å². The summed E-state index contributed by atoms with van der Waals surface area (Å²) in [6.07, 6.45) is 2.62. The molecule has 1 N–H and O–H groups in total. The Morgan fingerprint density at radius 3 is 2.43 bits per heavy atom. The zero-order chi connectivity index (χ0) is 10.7. The molecule has 0 aromatic heterocycles. The van der Waals surface area contributed by atoms with Gasteiger partial charge in [0.05, 0.1) is 0 Å². The molecule has 0 heterocycles. The molecule has 0 radical (unpaired) electrons. The maximum Gasteiger partial charge on any atom is 0.271 e. The molecule has 1 fully saturated rings. The molecule has 1 saturated carbocycles. The summed E-state index contributed by atoms with van der Waals surface area (Å²) in [6, 6.07) is 0. The predicted octanol–water partition coefficient (Wildman–Crippen LogP) is 1.86. The monoisotopic (exact) mass is 216 g/mol. The van der Waals surface area contributed by atoms with Crippen molar-refractivity contribution in [3.63, 3.8) is 0 Å². The predicted molar refractivity (Wildman–Crippen MR) is 54.5 cm³/mol. The molecule has 4 heteroatoms. The van der Waals surface area contributed by atoms with Gasteiger partial charge in [-0.1, -0.05) is 25.5 Å². The molecule has 80 valence electrons. The summed E-state index contributed by atoms with van der Waals surface area (Å²) in [7, 11) is -3.92. The number of hydrogen-bond acceptors (Lipinski definition) is 2. The Balaban J connectivity index is 2.45. The van der Waals surface area contributed by atoms with E-state index >= 15 is 0 Å². The average Bonchev–Trinajstić information content (AvgIpc) is 2.00. The average molecular weight is 216 g/mol. The lowest BCUT2D eigenvalue weighted by Crippen LogP contribution is -2.55. The third-order valence-electron chi connectivity index (χ3n) is 4.06. The van der Waals surface area contributed by atoms with Crippen molar-refractivity contribution in [2.75, 3.05) is 0 Å². The molecule has 3 rings (SSSR count). The summed E-state index contributed by atoms with van der Waals surface area (Å²) < 4.78 is 31.4. The molecule has 14 heavy (non-hydrogen) atoms. The van der Waals surface area contributed by atoms with Crippen LogP contribution in [0.2, 0.25) is 0 Å². The zero-order valence-electron chi connectivity index (χ0n) is 8.69. The molecule has 3 aliphatic carbocycles. The van der Waals surface area contributed by atoms with Crippen molar-refractivity contribution in [2.45, 2.75) is 32.4 Å². The van der Waals surface area contributed by atoms with Gasteiger partial charge in [0.15, 0.2) is 0 Å². The Bertz CT molecular complexity index is 392. The van der Waals surface area contributed by atoms with Gasteiger partial charge in [-0.3, -0.25) is 4.55 Å². The van der Waals surface area contributed by atoms with Crippen LogP contribution >= 0.6 is 0 Å². The van der Waals surface area contributed by atoms with Gasteiger partial charge in [0.2, 0.25) is 0 Å². The topological polar surface area (TPSA) is 54.4 Å². The van der Waals surface area contributed by atoms with Crippen LogP contribution in [0.25, 0.3) is 0 Å². The number of hydrogen-bond donors (Lipinski definition) is 1. The highest BCUT2D eigenvalue weighted by Crippen LogP contribution is 2.60. The van der Waals surface area contributed by atoms with Gasteiger partial charge in [-0.05, 0) is 30.6 Å². The number of rotatable bonds is 1. The summed E-state index contributed by atoms with van der Waals surface area (Å²) in [4.78, 5) is 0. The van der Waals surface area contributed by atoms with E-state index in [1.165, 1.54) is 0 Å². The first-order valence-corrected chi connectivity index (χ1v) is 6.39. The minimum absolute atomic E-state index is 0.0271. The smallest absolute Gasteiger partial charge is 0.271 e. The van der Waals surface area contributed by atoms with Crippen LogP contribution in [0.15, 0.2) is 11.6 Å². The minimum Gasteiger partial charge on any atom is -0.285 e. The summed E-state index contributed by atoms with van der Waals surface area (Å²) in [5, 5.41) is -0.678. The highest BCUT2D eigenvalue weighted by Gasteiger charge is 2.57. The third kappa shape index (κ3) is 1.17. The summed E-state index contributed by atoms with van der Waals surface area (Å²) in [5.41, 5.74) is 1.14. The molecule has 3 aliphatic rings. The second-order valence-corrected chi connectivity index (χ2v) is 6.68. The SMILES string of the molecule is CC1=C[C@H](S(=O)(=O)O)[C@@H]2C[C@H]1C2(C)C. The maximum atomic E-state index is 11.2. The van der Waals surface area contributed by atoms with Gasteiger partial charge in [-0.2, -0.15) is 8.42 Å².